The number of rotatable bonds is 9. The van der Waals surface area contributed by atoms with E-state index in [-0.39, 0.29) is 17.7 Å². The number of nitrogens with one attached hydrogen (secondary N) is 1. The van der Waals surface area contributed by atoms with Crippen LogP contribution in [-0.2, 0) is 17.8 Å². The topological polar surface area (TPSA) is 93.3 Å². The highest BCUT2D eigenvalue weighted by molar-refractivity contribution is 7.98. The summed E-state index contributed by atoms with van der Waals surface area (Å²) in [5.74, 6) is 1.52. The molecule has 0 spiro atoms. The van der Waals surface area contributed by atoms with Gasteiger partial charge in [0.15, 0.2) is 5.16 Å². The average molecular weight is 434 g/mol. The van der Waals surface area contributed by atoms with E-state index in [0.29, 0.717) is 44.0 Å². The molecule has 164 valence electrons. The highest BCUT2D eigenvalue weighted by Gasteiger charge is 2.28. The van der Waals surface area contributed by atoms with E-state index in [1.165, 1.54) is 12.5 Å². The first-order chi connectivity index (χ1) is 14.5. The SMILES string of the molecule is CSc1nnc(CCCNC(=O)C2CCN(C(=O)c3ccoc3)CC2)n1CC(C)C. The summed E-state index contributed by atoms with van der Waals surface area (Å²) in [6.45, 7) is 7.08. The van der Waals surface area contributed by atoms with E-state index < -0.39 is 0 Å². The molecule has 0 saturated carbocycles. The van der Waals surface area contributed by atoms with Gasteiger partial charge in [-0.05, 0) is 37.5 Å². The third-order valence-electron chi connectivity index (χ3n) is 5.32. The summed E-state index contributed by atoms with van der Waals surface area (Å²) >= 11 is 1.61. The molecule has 1 saturated heterocycles. The van der Waals surface area contributed by atoms with E-state index in [1.807, 2.05) is 6.26 Å². The molecule has 0 atom stereocenters. The van der Waals surface area contributed by atoms with Gasteiger partial charge in [-0.15, -0.1) is 10.2 Å². The molecule has 9 heteroatoms. The van der Waals surface area contributed by atoms with Crippen molar-refractivity contribution in [1.82, 2.24) is 25.0 Å². The lowest BCUT2D eigenvalue weighted by molar-refractivity contribution is -0.126. The van der Waals surface area contributed by atoms with Crippen LogP contribution < -0.4 is 5.32 Å². The van der Waals surface area contributed by atoms with Gasteiger partial charge in [-0.2, -0.15) is 0 Å². The number of likely N-dealkylation sites (tertiary alicyclic amines) is 1. The number of nitrogens with zero attached hydrogens (tertiary/aromatic N) is 4. The van der Waals surface area contributed by atoms with Crippen molar-refractivity contribution in [2.24, 2.45) is 11.8 Å². The van der Waals surface area contributed by atoms with Gasteiger partial charge in [-0.25, -0.2) is 0 Å². The normalized spacial score (nSPS) is 15.0. The predicted molar refractivity (Wildman–Crippen MR) is 115 cm³/mol. The Morgan fingerprint density at radius 2 is 2.07 bits per heavy atom. The van der Waals surface area contributed by atoms with Crippen LogP contribution in [0.5, 0.6) is 0 Å². The molecule has 0 unspecified atom stereocenters. The van der Waals surface area contributed by atoms with Gasteiger partial charge in [0.25, 0.3) is 5.91 Å². The molecular formula is C21H31N5O3S. The maximum Gasteiger partial charge on any atom is 0.257 e. The lowest BCUT2D eigenvalue weighted by Crippen LogP contribution is -2.43. The number of hydrogen-bond acceptors (Lipinski definition) is 6. The maximum absolute atomic E-state index is 12.5. The van der Waals surface area contributed by atoms with Crippen molar-refractivity contribution in [2.45, 2.75) is 51.2 Å². The third kappa shape index (κ3) is 5.65. The van der Waals surface area contributed by atoms with Crippen molar-refractivity contribution < 1.29 is 14.0 Å². The number of carbonyl (C=O) groups excluding carboxylic acids is 2. The number of hydrogen-bond donors (Lipinski definition) is 1. The van der Waals surface area contributed by atoms with Crippen molar-refractivity contribution in [3.8, 4) is 0 Å². The van der Waals surface area contributed by atoms with Gasteiger partial charge in [0.05, 0.1) is 11.8 Å². The van der Waals surface area contributed by atoms with Crippen LogP contribution in [0.3, 0.4) is 0 Å². The molecule has 30 heavy (non-hydrogen) atoms. The van der Waals surface area contributed by atoms with Gasteiger partial charge in [0.2, 0.25) is 5.91 Å². The molecule has 3 rings (SSSR count). The van der Waals surface area contributed by atoms with Crippen molar-refractivity contribution in [3.63, 3.8) is 0 Å². The predicted octanol–water partition coefficient (Wildman–Crippen LogP) is 2.85. The monoisotopic (exact) mass is 433 g/mol. The lowest BCUT2D eigenvalue weighted by atomic mass is 9.95. The second kappa shape index (κ2) is 10.7. The van der Waals surface area contributed by atoms with Crippen molar-refractivity contribution in [2.75, 3.05) is 25.9 Å². The molecule has 2 aromatic heterocycles. The minimum atomic E-state index is -0.0360. The fourth-order valence-corrected chi connectivity index (χ4v) is 4.24. The van der Waals surface area contributed by atoms with Crippen molar-refractivity contribution in [1.29, 1.82) is 0 Å². The van der Waals surface area contributed by atoms with E-state index in [9.17, 15) is 9.59 Å². The fourth-order valence-electron chi connectivity index (χ4n) is 3.72. The second-order valence-electron chi connectivity index (χ2n) is 8.08. The van der Waals surface area contributed by atoms with E-state index in [0.717, 1.165) is 30.4 Å². The van der Waals surface area contributed by atoms with Gasteiger partial charge in [0.1, 0.15) is 12.1 Å². The molecule has 1 N–H and O–H groups in total. The van der Waals surface area contributed by atoms with E-state index in [1.54, 1.807) is 22.7 Å². The Morgan fingerprint density at radius 3 is 2.70 bits per heavy atom. The van der Waals surface area contributed by atoms with Crippen LogP contribution >= 0.6 is 11.8 Å². The number of aromatic nitrogens is 3. The first-order valence-electron chi connectivity index (χ1n) is 10.5. The molecule has 0 aliphatic carbocycles. The van der Waals surface area contributed by atoms with E-state index >= 15 is 0 Å². The quantitative estimate of drug-likeness (QED) is 0.483. The summed E-state index contributed by atoms with van der Waals surface area (Å²) in [4.78, 5) is 26.7. The van der Waals surface area contributed by atoms with Gasteiger partial charge < -0.3 is 19.2 Å². The number of piperidine rings is 1. The lowest BCUT2D eigenvalue weighted by Gasteiger charge is -2.31. The number of aryl methyl sites for hydroxylation is 1. The Bertz CT molecular complexity index is 826. The Morgan fingerprint density at radius 1 is 1.30 bits per heavy atom. The van der Waals surface area contributed by atoms with Crippen LogP contribution in [-0.4, -0.2) is 57.4 Å². The van der Waals surface area contributed by atoms with Gasteiger partial charge in [0, 0.05) is 38.5 Å². The average Bonchev–Trinajstić information content (AvgIpc) is 3.41. The summed E-state index contributed by atoms with van der Waals surface area (Å²) in [5, 5.41) is 12.6. The van der Waals surface area contributed by atoms with Crippen LogP contribution in [0, 0.1) is 11.8 Å². The molecule has 1 fully saturated rings. The maximum atomic E-state index is 12.5. The zero-order chi connectivity index (χ0) is 21.5. The summed E-state index contributed by atoms with van der Waals surface area (Å²) in [7, 11) is 0. The summed E-state index contributed by atoms with van der Waals surface area (Å²) in [6, 6.07) is 1.67. The zero-order valence-corrected chi connectivity index (χ0v) is 18.8. The third-order valence-corrected chi connectivity index (χ3v) is 5.99. The minimum absolute atomic E-state index is 0.0299. The first-order valence-corrected chi connectivity index (χ1v) is 11.8. The molecule has 1 aliphatic rings. The summed E-state index contributed by atoms with van der Waals surface area (Å²) in [5.41, 5.74) is 0.563. The molecule has 0 aromatic carbocycles. The molecule has 2 amide bonds. The van der Waals surface area contributed by atoms with E-state index in [2.05, 4.69) is 33.9 Å². The van der Waals surface area contributed by atoms with Crippen molar-refractivity contribution >= 4 is 23.6 Å². The molecule has 2 aromatic rings. The highest BCUT2D eigenvalue weighted by Crippen LogP contribution is 2.20. The number of furan rings is 1. The highest BCUT2D eigenvalue weighted by atomic mass is 32.2. The molecule has 0 bridgehead atoms. The Hall–Kier alpha value is -2.29. The number of carbonyl (C=O) groups is 2. The van der Waals surface area contributed by atoms with E-state index in [4.69, 9.17) is 4.42 Å². The van der Waals surface area contributed by atoms with Crippen LogP contribution in [0.1, 0.15) is 49.3 Å². The summed E-state index contributed by atoms with van der Waals surface area (Å²) in [6.07, 6.45) is 7.97. The smallest absolute Gasteiger partial charge is 0.257 e. The van der Waals surface area contributed by atoms with Gasteiger partial charge >= 0.3 is 0 Å². The standard InChI is InChI=1S/C21H31N5O3S/c1-15(2)13-26-18(23-24-21(26)30-3)5-4-9-22-19(27)16-6-10-25(11-7-16)20(28)17-8-12-29-14-17/h8,12,14-16H,4-7,9-11,13H2,1-3H3,(H,22,27). The van der Waals surface area contributed by atoms with Crippen LogP contribution in [0.2, 0.25) is 0 Å². The molecule has 3 heterocycles. The van der Waals surface area contributed by atoms with Crippen LogP contribution in [0.15, 0.2) is 28.2 Å². The second-order valence-corrected chi connectivity index (χ2v) is 8.85. The zero-order valence-electron chi connectivity index (χ0n) is 18.0. The van der Waals surface area contributed by atoms with Crippen LogP contribution in [0.4, 0.5) is 0 Å². The van der Waals surface area contributed by atoms with Gasteiger partial charge in [-0.1, -0.05) is 25.6 Å². The Balaban J connectivity index is 1.40. The Kier molecular flexibility index (Phi) is 7.95. The summed E-state index contributed by atoms with van der Waals surface area (Å²) < 4.78 is 7.17. The first kappa shape index (κ1) is 22.4. The van der Waals surface area contributed by atoms with Crippen LogP contribution in [0.25, 0.3) is 0 Å². The molecule has 8 nitrogen and oxygen atoms in total. The minimum Gasteiger partial charge on any atom is -0.472 e. The van der Waals surface area contributed by atoms with Gasteiger partial charge in [-0.3, -0.25) is 9.59 Å². The number of amides is 2. The molecular weight excluding hydrogens is 402 g/mol. The fraction of sp³-hybridized carbons (Fsp3) is 0.619. The van der Waals surface area contributed by atoms with Crippen molar-refractivity contribution in [3.05, 3.63) is 30.0 Å². The number of thioether (sulfide) groups is 1. The Labute approximate surface area is 181 Å². The molecule has 0 radical (unpaired) electrons. The largest absolute Gasteiger partial charge is 0.472 e. The molecule has 1 aliphatic heterocycles.